The fourth-order valence-corrected chi connectivity index (χ4v) is 4.38. The number of H-pyrrole nitrogens is 1. The van der Waals surface area contributed by atoms with Gasteiger partial charge in [0.15, 0.2) is 0 Å². The highest BCUT2D eigenvalue weighted by molar-refractivity contribution is 6.01. The third-order valence-corrected chi connectivity index (χ3v) is 6.15. The first-order valence-corrected chi connectivity index (χ1v) is 12.2. The van der Waals surface area contributed by atoms with E-state index in [9.17, 15) is 32.3 Å². The molecule has 3 rings (SSSR count). The summed E-state index contributed by atoms with van der Waals surface area (Å²) in [6, 6.07) is 2.97. The predicted octanol–water partition coefficient (Wildman–Crippen LogP) is 2.79. The number of carbonyl (C=O) groups is 4. The maximum atomic E-state index is 13.2. The number of aromatic amines is 1. The number of hydrogen-bond donors (Lipinski definition) is 4. The normalized spacial score (nSPS) is 17.4. The van der Waals surface area contributed by atoms with Crippen LogP contribution in [0.5, 0.6) is 5.75 Å². The molecular formula is C25H31F3N4O6. The number of nitrogens with one attached hydrogen (secondary N) is 4. The van der Waals surface area contributed by atoms with Gasteiger partial charge in [-0.25, -0.2) is 4.79 Å². The summed E-state index contributed by atoms with van der Waals surface area (Å²) >= 11 is 0. The molecule has 0 bridgehead atoms. The molecule has 0 spiro atoms. The molecule has 1 saturated heterocycles. The number of alkyl halides is 3. The van der Waals surface area contributed by atoms with Crippen molar-refractivity contribution in [1.29, 1.82) is 0 Å². The fraction of sp³-hybridized carbons (Fsp3) is 0.520. The molecule has 4 N–H and O–H groups in total. The molecule has 10 nitrogen and oxygen atoms in total. The lowest BCUT2D eigenvalue weighted by molar-refractivity contribution is -0.274. The van der Waals surface area contributed by atoms with Crippen LogP contribution in [-0.2, 0) is 19.1 Å². The van der Waals surface area contributed by atoms with Gasteiger partial charge in [0.1, 0.15) is 23.5 Å². The molecule has 3 atom stereocenters. The highest BCUT2D eigenvalue weighted by Crippen LogP contribution is 2.31. The lowest BCUT2D eigenvalue weighted by atomic mass is 9.91. The maximum absolute atomic E-state index is 13.2. The summed E-state index contributed by atoms with van der Waals surface area (Å²) in [5.74, 6) is -3.32. The molecule has 1 aliphatic heterocycles. The van der Waals surface area contributed by atoms with Crippen molar-refractivity contribution in [2.45, 2.75) is 58.0 Å². The Bertz CT molecular complexity index is 1180. The van der Waals surface area contributed by atoms with Crippen molar-refractivity contribution in [2.24, 2.45) is 11.8 Å². The second kappa shape index (κ2) is 12.2. The molecule has 1 fully saturated rings. The van der Waals surface area contributed by atoms with E-state index in [4.69, 9.17) is 4.74 Å². The van der Waals surface area contributed by atoms with Crippen LogP contribution >= 0.6 is 0 Å². The van der Waals surface area contributed by atoms with Gasteiger partial charge in [0.05, 0.1) is 7.11 Å². The summed E-state index contributed by atoms with van der Waals surface area (Å²) in [5.41, 5.74) is 0.154. The largest absolute Gasteiger partial charge is 0.573 e. The van der Waals surface area contributed by atoms with Gasteiger partial charge in [-0.05, 0) is 49.8 Å². The van der Waals surface area contributed by atoms with Crippen LogP contribution in [0.15, 0.2) is 24.3 Å². The Labute approximate surface area is 217 Å². The van der Waals surface area contributed by atoms with Crippen molar-refractivity contribution in [3.8, 4) is 5.75 Å². The van der Waals surface area contributed by atoms with Crippen LogP contribution in [0.3, 0.4) is 0 Å². The second-order valence-electron chi connectivity index (χ2n) is 9.55. The molecule has 2 aromatic rings. The highest BCUT2D eigenvalue weighted by Gasteiger charge is 2.34. The fourth-order valence-electron chi connectivity index (χ4n) is 4.38. The zero-order valence-corrected chi connectivity index (χ0v) is 21.2. The van der Waals surface area contributed by atoms with Gasteiger partial charge >= 0.3 is 12.3 Å². The van der Waals surface area contributed by atoms with Gasteiger partial charge in [-0.15, -0.1) is 13.2 Å². The van der Waals surface area contributed by atoms with E-state index in [1.807, 2.05) is 13.8 Å². The number of piperidine rings is 1. The van der Waals surface area contributed by atoms with E-state index in [2.05, 4.69) is 25.7 Å². The summed E-state index contributed by atoms with van der Waals surface area (Å²) in [7, 11) is 1.17. The summed E-state index contributed by atoms with van der Waals surface area (Å²) in [4.78, 5) is 53.5. The number of halogens is 3. The van der Waals surface area contributed by atoms with Crippen molar-refractivity contribution < 1.29 is 41.8 Å². The minimum absolute atomic E-state index is 0.0383. The van der Waals surface area contributed by atoms with E-state index in [1.54, 1.807) is 0 Å². The van der Waals surface area contributed by atoms with Crippen molar-refractivity contribution in [3.05, 3.63) is 30.0 Å². The molecule has 38 heavy (non-hydrogen) atoms. The van der Waals surface area contributed by atoms with Gasteiger partial charge in [0.2, 0.25) is 11.8 Å². The maximum Gasteiger partial charge on any atom is 0.573 e. The Morgan fingerprint density at radius 3 is 2.53 bits per heavy atom. The van der Waals surface area contributed by atoms with E-state index in [-0.39, 0.29) is 41.3 Å². The number of fused-ring (bicyclic) bond motifs is 1. The quantitative estimate of drug-likeness (QED) is 0.342. The van der Waals surface area contributed by atoms with Crippen molar-refractivity contribution in [1.82, 2.24) is 20.9 Å². The Kier molecular flexibility index (Phi) is 9.23. The number of esters is 1. The third kappa shape index (κ3) is 7.62. The summed E-state index contributed by atoms with van der Waals surface area (Å²) < 4.78 is 47.1. The van der Waals surface area contributed by atoms with Crippen LogP contribution < -0.4 is 20.7 Å². The number of carbonyl (C=O) groups excluding carboxylic acids is 4. The van der Waals surface area contributed by atoms with E-state index < -0.39 is 47.9 Å². The van der Waals surface area contributed by atoms with Gasteiger partial charge in [0.25, 0.3) is 5.91 Å². The molecule has 3 amide bonds. The molecule has 2 heterocycles. The van der Waals surface area contributed by atoms with E-state index in [0.717, 1.165) is 12.5 Å². The van der Waals surface area contributed by atoms with Crippen LogP contribution in [0.2, 0.25) is 0 Å². The Balaban J connectivity index is 1.77. The number of benzene rings is 1. The van der Waals surface area contributed by atoms with E-state index >= 15 is 0 Å². The number of methoxy groups -OCH3 is 1. The molecule has 1 aliphatic rings. The molecule has 0 unspecified atom stereocenters. The average molecular weight is 541 g/mol. The van der Waals surface area contributed by atoms with Crippen LogP contribution in [0, 0.1) is 11.8 Å². The van der Waals surface area contributed by atoms with Crippen molar-refractivity contribution >= 4 is 34.6 Å². The summed E-state index contributed by atoms with van der Waals surface area (Å²) in [5, 5.41) is 7.96. The van der Waals surface area contributed by atoms with Crippen LogP contribution in [0.25, 0.3) is 10.9 Å². The van der Waals surface area contributed by atoms with E-state index in [0.29, 0.717) is 13.0 Å². The van der Waals surface area contributed by atoms with Gasteiger partial charge in [0, 0.05) is 23.4 Å². The molecule has 208 valence electrons. The first kappa shape index (κ1) is 28.8. The second-order valence-corrected chi connectivity index (χ2v) is 9.55. The summed E-state index contributed by atoms with van der Waals surface area (Å²) in [6.07, 6.45) is -3.37. The Morgan fingerprint density at radius 2 is 1.89 bits per heavy atom. The molecule has 0 saturated carbocycles. The zero-order chi connectivity index (χ0) is 28.0. The average Bonchev–Trinajstić information content (AvgIpc) is 3.28. The minimum Gasteiger partial charge on any atom is -0.467 e. The van der Waals surface area contributed by atoms with Crippen molar-refractivity contribution in [3.63, 3.8) is 0 Å². The molecule has 1 aromatic heterocycles. The van der Waals surface area contributed by atoms with Crippen LogP contribution in [-0.4, -0.2) is 60.8 Å². The topological polar surface area (TPSA) is 139 Å². The van der Waals surface area contributed by atoms with Crippen LogP contribution in [0.1, 0.15) is 50.0 Å². The molecule has 1 aromatic carbocycles. The van der Waals surface area contributed by atoms with Gasteiger partial charge < -0.3 is 30.4 Å². The number of aromatic nitrogens is 1. The standard InChI is InChI=1S/C25H31F3N4O6/c1-13(2)10-17(22(34)32-19(24(36)37-3)11-14-6-5-9-29-21(14)33)31-23(35)18-12-15-16(30-18)7-4-8-20(15)38-25(26,27)28/h4,7-8,12-14,17,19,30H,5-6,9-11H2,1-3H3,(H,29,33)(H,31,35)(H,32,34)/t14-,17-,19-/m0/s1. The monoisotopic (exact) mass is 540 g/mol. The lowest BCUT2D eigenvalue weighted by Crippen LogP contribution is -2.53. The first-order chi connectivity index (χ1) is 17.9. The van der Waals surface area contributed by atoms with Crippen LogP contribution in [0.4, 0.5) is 13.2 Å². The molecular weight excluding hydrogens is 509 g/mol. The first-order valence-electron chi connectivity index (χ1n) is 12.2. The zero-order valence-electron chi connectivity index (χ0n) is 21.2. The predicted molar refractivity (Wildman–Crippen MR) is 130 cm³/mol. The molecule has 0 aliphatic carbocycles. The number of ether oxygens (including phenoxy) is 2. The minimum atomic E-state index is -4.91. The number of hydrogen-bond acceptors (Lipinski definition) is 6. The van der Waals surface area contributed by atoms with Gasteiger partial charge in [-0.1, -0.05) is 19.9 Å². The number of rotatable bonds is 10. The SMILES string of the molecule is COC(=O)[C@H](C[C@@H]1CCCNC1=O)NC(=O)[C@H](CC(C)C)NC(=O)c1cc2c(OC(F)(F)F)cccc2[nH]1. The van der Waals surface area contributed by atoms with E-state index in [1.165, 1.54) is 25.3 Å². The lowest BCUT2D eigenvalue weighted by Gasteiger charge is -2.27. The number of amides is 3. The smallest absolute Gasteiger partial charge is 0.467 e. The summed E-state index contributed by atoms with van der Waals surface area (Å²) in [6.45, 7) is 4.21. The Hall–Kier alpha value is -3.77. The van der Waals surface area contributed by atoms with Crippen molar-refractivity contribution in [2.75, 3.05) is 13.7 Å². The highest BCUT2D eigenvalue weighted by atomic mass is 19.4. The molecule has 13 heteroatoms. The van der Waals surface area contributed by atoms with Gasteiger partial charge in [-0.2, -0.15) is 0 Å². The Morgan fingerprint density at radius 1 is 1.16 bits per heavy atom. The van der Waals surface area contributed by atoms with Gasteiger partial charge in [-0.3, -0.25) is 14.4 Å². The third-order valence-electron chi connectivity index (χ3n) is 6.15. The molecule has 0 radical (unpaired) electrons.